The number of pyridine rings is 1. The lowest BCUT2D eigenvalue weighted by atomic mass is 10.2. The minimum absolute atomic E-state index is 0.565. The van der Waals surface area contributed by atoms with Crippen LogP contribution in [0.5, 0.6) is 0 Å². The van der Waals surface area contributed by atoms with Crippen LogP contribution in [0.25, 0.3) is 0 Å². The Balaban J connectivity index is 3.50. The van der Waals surface area contributed by atoms with Gasteiger partial charge in [-0.25, -0.2) is 8.78 Å². The quantitative estimate of drug-likeness (QED) is 0.473. The highest BCUT2D eigenvalue weighted by atomic mass is 35.5. The van der Waals surface area contributed by atoms with E-state index in [1.54, 1.807) is 0 Å². The zero-order chi connectivity index (χ0) is 10.9. The molecule has 0 aliphatic heterocycles. The molecule has 14 heavy (non-hydrogen) atoms. The average Bonchev–Trinajstić information content (AvgIpc) is 2.02. The van der Waals surface area contributed by atoms with Gasteiger partial charge in [0.1, 0.15) is 0 Å². The van der Waals surface area contributed by atoms with E-state index >= 15 is 0 Å². The van der Waals surface area contributed by atoms with Gasteiger partial charge in [-0.3, -0.25) is 14.9 Å². The molecule has 1 rings (SSSR count). The van der Waals surface area contributed by atoms with Crippen LogP contribution in [0.2, 0.25) is 5.15 Å². The smallest absolute Gasteiger partial charge is 0.346 e. The van der Waals surface area contributed by atoms with Crippen LogP contribution < -0.4 is 5.43 Å². The first-order chi connectivity index (χ1) is 6.45. The number of nitrogens with one attached hydrogen (secondary N) is 1. The third kappa shape index (κ3) is 1.72. The van der Waals surface area contributed by atoms with E-state index in [-0.39, 0.29) is 0 Å². The summed E-state index contributed by atoms with van der Waals surface area (Å²) in [5.74, 6) is 0. The molecule has 76 valence electrons. The van der Waals surface area contributed by atoms with Crippen LogP contribution in [0.15, 0.2) is 11.0 Å². The number of alkyl halides is 2. The second-order valence-corrected chi connectivity index (χ2v) is 2.67. The maximum atomic E-state index is 12.1. The Labute approximate surface area is 80.5 Å². The van der Waals surface area contributed by atoms with Crippen LogP contribution in [0.3, 0.4) is 0 Å². The van der Waals surface area contributed by atoms with Gasteiger partial charge >= 0.3 is 5.69 Å². The van der Waals surface area contributed by atoms with Gasteiger partial charge in [0.05, 0.1) is 10.5 Å². The first-order valence-electron chi connectivity index (χ1n) is 3.28. The van der Waals surface area contributed by atoms with E-state index in [4.69, 9.17) is 11.6 Å². The van der Waals surface area contributed by atoms with Gasteiger partial charge in [0, 0.05) is 6.20 Å². The van der Waals surface area contributed by atoms with Crippen molar-refractivity contribution in [2.75, 3.05) is 0 Å². The van der Waals surface area contributed by atoms with Crippen molar-refractivity contribution >= 4 is 17.3 Å². The normalized spacial score (nSPS) is 10.6. The molecule has 0 unspecified atom stereocenters. The number of nitrogens with zero attached hydrogens (tertiary/aromatic N) is 1. The van der Waals surface area contributed by atoms with Gasteiger partial charge in [-0.05, 0) is 0 Å². The van der Waals surface area contributed by atoms with Crippen LogP contribution in [0, 0.1) is 10.1 Å². The molecule has 1 aromatic heterocycles. The van der Waals surface area contributed by atoms with Crippen molar-refractivity contribution in [2.24, 2.45) is 0 Å². The number of aromatic nitrogens is 1. The van der Waals surface area contributed by atoms with E-state index in [2.05, 4.69) is 0 Å². The standard InChI is InChI=1S/C6H3ClF2N2O3/c7-5-3(11(13)14)4(12)2(1-10-5)6(8)9/h1,6H,(H,10,12). The largest absolute Gasteiger partial charge is 0.351 e. The number of H-pyrrole nitrogens is 1. The lowest BCUT2D eigenvalue weighted by molar-refractivity contribution is -0.386. The van der Waals surface area contributed by atoms with Crippen molar-refractivity contribution in [1.82, 2.24) is 4.98 Å². The summed E-state index contributed by atoms with van der Waals surface area (Å²) in [5, 5.41) is 9.71. The summed E-state index contributed by atoms with van der Waals surface area (Å²) in [7, 11) is 0. The van der Waals surface area contributed by atoms with E-state index in [1.807, 2.05) is 4.98 Å². The molecule has 1 aromatic rings. The number of halogens is 3. The van der Waals surface area contributed by atoms with E-state index in [0.717, 1.165) is 0 Å². The molecular formula is C6H3ClF2N2O3. The average molecular weight is 225 g/mol. The topological polar surface area (TPSA) is 76.0 Å². The second-order valence-electron chi connectivity index (χ2n) is 2.29. The Morgan fingerprint density at radius 1 is 1.57 bits per heavy atom. The van der Waals surface area contributed by atoms with Gasteiger partial charge in [0.2, 0.25) is 0 Å². The fourth-order valence-corrected chi connectivity index (χ4v) is 1.05. The Hall–Kier alpha value is -1.50. The minimum Gasteiger partial charge on any atom is -0.346 e. The maximum Gasteiger partial charge on any atom is 0.351 e. The molecule has 8 heteroatoms. The van der Waals surface area contributed by atoms with Crippen LogP contribution in [0.4, 0.5) is 14.5 Å². The molecule has 0 aromatic carbocycles. The summed E-state index contributed by atoms with van der Waals surface area (Å²) < 4.78 is 24.2. The highest BCUT2D eigenvalue weighted by Gasteiger charge is 2.24. The van der Waals surface area contributed by atoms with Crippen molar-refractivity contribution in [2.45, 2.75) is 6.43 Å². The molecule has 0 aliphatic rings. The Morgan fingerprint density at radius 2 is 2.14 bits per heavy atom. The molecule has 1 heterocycles. The zero-order valence-corrected chi connectivity index (χ0v) is 7.22. The summed E-state index contributed by atoms with van der Waals surface area (Å²) in [6.45, 7) is 0. The maximum absolute atomic E-state index is 12.1. The molecule has 0 bridgehead atoms. The van der Waals surface area contributed by atoms with E-state index in [9.17, 15) is 23.7 Å². The first kappa shape index (κ1) is 10.6. The van der Waals surface area contributed by atoms with E-state index in [0.29, 0.717) is 6.20 Å². The molecule has 5 nitrogen and oxygen atoms in total. The third-order valence-corrected chi connectivity index (χ3v) is 1.75. The Bertz CT molecular complexity index is 432. The van der Waals surface area contributed by atoms with Crippen molar-refractivity contribution in [3.8, 4) is 0 Å². The molecule has 0 spiro atoms. The summed E-state index contributed by atoms with van der Waals surface area (Å²) in [5.41, 5.74) is -3.40. The highest BCUT2D eigenvalue weighted by molar-refractivity contribution is 6.31. The van der Waals surface area contributed by atoms with Gasteiger partial charge in [0.15, 0.2) is 5.15 Å². The predicted octanol–water partition coefficient (Wildman–Crippen LogP) is 1.87. The molecule has 0 amide bonds. The van der Waals surface area contributed by atoms with E-state index < -0.39 is 33.2 Å². The van der Waals surface area contributed by atoms with E-state index in [1.165, 1.54) is 0 Å². The SMILES string of the molecule is O=c1c(C(F)F)c[nH]c(Cl)c1[N+](=O)[O-]. The lowest BCUT2D eigenvalue weighted by Crippen LogP contribution is -2.15. The zero-order valence-electron chi connectivity index (χ0n) is 6.46. The molecule has 1 N–H and O–H groups in total. The summed E-state index contributed by atoms with van der Waals surface area (Å²) >= 11 is 5.26. The predicted molar refractivity (Wildman–Crippen MR) is 43.7 cm³/mol. The molecule has 0 aliphatic carbocycles. The number of aromatic amines is 1. The van der Waals surface area contributed by atoms with Crippen LogP contribution >= 0.6 is 11.6 Å². The number of nitro groups is 1. The molecule has 0 saturated heterocycles. The number of hydrogen-bond donors (Lipinski definition) is 1. The fourth-order valence-electron chi connectivity index (χ4n) is 0.837. The summed E-state index contributed by atoms with van der Waals surface area (Å²) in [6.07, 6.45) is -2.42. The lowest BCUT2D eigenvalue weighted by Gasteiger charge is -1.99. The van der Waals surface area contributed by atoms with Crippen LogP contribution in [0.1, 0.15) is 12.0 Å². The van der Waals surface area contributed by atoms with Gasteiger partial charge in [-0.2, -0.15) is 0 Å². The van der Waals surface area contributed by atoms with Gasteiger partial charge in [-0.15, -0.1) is 0 Å². The van der Waals surface area contributed by atoms with Gasteiger partial charge < -0.3 is 4.98 Å². The Kier molecular flexibility index (Phi) is 2.80. The van der Waals surface area contributed by atoms with Crippen LogP contribution in [-0.2, 0) is 0 Å². The van der Waals surface area contributed by atoms with Gasteiger partial charge in [-0.1, -0.05) is 11.6 Å². The highest BCUT2D eigenvalue weighted by Crippen LogP contribution is 2.21. The van der Waals surface area contributed by atoms with Crippen molar-refractivity contribution in [3.05, 3.63) is 37.3 Å². The van der Waals surface area contributed by atoms with Gasteiger partial charge in [0.25, 0.3) is 11.9 Å². The van der Waals surface area contributed by atoms with Crippen molar-refractivity contribution in [3.63, 3.8) is 0 Å². The molecule has 0 fully saturated rings. The Morgan fingerprint density at radius 3 is 2.57 bits per heavy atom. The summed E-state index contributed by atoms with van der Waals surface area (Å²) in [6, 6.07) is 0. The molecule has 0 radical (unpaired) electrons. The minimum atomic E-state index is -3.07. The summed E-state index contributed by atoms with van der Waals surface area (Å²) in [4.78, 5) is 22.2. The first-order valence-corrected chi connectivity index (χ1v) is 3.66. The van der Waals surface area contributed by atoms with Crippen molar-refractivity contribution < 1.29 is 13.7 Å². The molecule has 0 atom stereocenters. The molecular weight excluding hydrogens is 222 g/mol. The third-order valence-electron chi connectivity index (χ3n) is 1.46. The number of hydrogen-bond acceptors (Lipinski definition) is 3. The fraction of sp³-hybridized carbons (Fsp3) is 0.167. The number of rotatable bonds is 2. The van der Waals surface area contributed by atoms with Crippen LogP contribution in [-0.4, -0.2) is 9.91 Å². The monoisotopic (exact) mass is 224 g/mol. The molecule has 0 saturated carbocycles. The second kappa shape index (κ2) is 3.70. The van der Waals surface area contributed by atoms with Crippen molar-refractivity contribution in [1.29, 1.82) is 0 Å².